The fraction of sp³-hybridized carbons (Fsp3) is 0.294. The highest BCUT2D eigenvalue weighted by Crippen LogP contribution is 2.32. The SMILES string of the molecule is C[C@H](OC(=O)c1ccc([N+](=O)[O-])o1)C(=O)N1c2ccccc2C[C@H]1C. The summed E-state index contributed by atoms with van der Waals surface area (Å²) in [4.78, 5) is 36.2. The third-order valence-electron chi connectivity index (χ3n) is 4.05. The summed E-state index contributed by atoms with van der Waals surface area (Å²) in [6.07, 6.45) is -0.322. The predicted molar refractivity (Wildman–Crippen MR) is 87.3 cm³/mol. The van der Waals surface area contributed by atoms with Crippen LogP contribution in [-0.4, -0.2) is 28.9 Å². The molecule has 0 fully saturated rings. The molecule has 2 aromatic rings. The second kappa shape index (κ2) is 6.39. The van der Waals surface area contributed by atoms with Gasteiger partial charge in [0.15, 0.2) is 6.10 Å². The number of furan rings is 1. The van der Waals surface area contributed by atoms with Gasteiger partial charge in [0.2, 0.25) is 5.76 Å². The molecule has 0 unspecified atom stereocenters. The molecule has 25 heavy (non-hydrogen) atoms. The second-order valence-electron chi connectivity index (χ2n) is 5.83. The van der Waals surface area contributed by atoms with Gasteiger partial charge in [-0.25, -0.2) is 4.79 Å². The Bertz CT molecular complexity index is 843. The molecule has 3 rings (SSSR count). The van der Waals surface area contributed by atoms with Gasteiger partial charge in [-0.05, 0) is 38.0 Å². The highest BCUT2D eigenvalue weighted by atomic mass is 16.7. The van der Waals surface area contributed by atoms with Crippen LogP contribution in [0.4, 0.5) is 11.6 Å². The third-order valence-corrected chi connectivity index (χ3v) is 4.05. The van der Waals surface area contributed by atoms with Crippen molar-refractivity contribution < 1.29 is 23.7 Å². The molecule has 1 aliphatic heterocycles. The number of hydrogen-bond donors (Lipinski definition) is 0. The smallest absolute Gasteiger partial charge is 0.433 e. The zero-order valence-corrected chi connectivity index (χ0v) is 13.7. The largest absolute Gasteiger partial charge is 0.447 e. The molecule has 0 bridgehead atoms. The van der Waals surface area contributed by atoms with Crippen LogP contribution in [0.2, 0.25) is 0 Å². The number of fused-ring (bicyclic) bond motifs is 1. The van der Waals surface area contributed by atoms with Crippen molar-refractivity contribution in [3.05, 3.63) is 57.8 Å². The van der Waals surface area contributed by atoms with Crippen LogP contribution >= 0.6 is 0 Å². The minimum Gasteiger partial charge on any atom is -0.447 e. The number of ether oxygens (including phenoxy) is 1. The summed E-state index contributed by atoms with van der Waals surface area (Å²) >= 11 is 0. The molecule has 1 aromatic heterocycles. The van der Waals surface area contributed by atoms with E-state index in [4.69, 9.17) is 9.15 Å². The monoisotopic (exact) mass is 344 g/mol. The van der Waals surface area contributed by atoms with Crippen LogP contribution in [-0.2, 0) is 16.0 Å². The number of benzene rings is 1. The molecule has 130 valence electrons. The summed E-state index contributed by atoms with van der Waals surface area (Å²) in [6, 6.07) is 9.71. The lowest BCUT2D eigenvalue weighted by Crippen LogP contribution is -2.43. The van der Waals surface area contributed by atoms with Crippen LogP contribution in [0.3, 0.4) is 0 Å². The maximum Gasteiger partial charge on any atom is 0.433 e. The lowest BCUT2D eigenvalue weighted by atomic mass is 10.1. The van der Waals surface area contributed by atoms with Crippen molar-refractivity contribution in [3.63, 3.8) is 0 Å². The molecule has 2 atom stereocenters. The Labute approximate surface area is 143 Å². The Morgan fingerprint density at radius 1 is 1.32 bits per heavy atom. The average molecular weight is 344 g/mol. The minimum absolute atomic E-state index is 0.0456. The van der Waals surface area contributed by atoms with Crippen molar-refractivity contribution in [1.82, 2.24) is 0 Å². The summed E-state index contributed by atoms with van der Waals surface area (Å²) in [7, 11) is 0. The number of esters is 1. The van der Waals surface area contributed by atoms with E-state index < -0.39 is 22.9 Å². The van der Waals surface area contributed by atoms with E-state index in [1.54, 1.807) is 4.90 Å². The molecule has 1 aliphatic rings. The van der Waals surface area contributed by atoms with Crippen LogP contribution in [0, 0.1) is 10.1 Å². The van der Waals surface area contributed by atoms with E-state index in [9.17, 15) is 19.7 Å². The number of nitro groups is 1. The van der Waals surface area contributed by atoms with E-state index in [-0.39, 0.29) is 17.7 Å². The number of nitrogens with zero attached hydrogens (tertiary/aromatic N) is 2. The topological polar surface area (TPSA) is 103 Å². The molecular formula is C17H16N2O6. The van der Waals surface area contributed by atoms with Gasteiger partial charge in [0.25, 0.3) is 5.91 Å². The highest BCUT2D eigenvalue weighted by Gasteiger charge is 2.35. The van der Waals surface area contributed by atoms with Crippen molar-refractivity contribution in [1.29, 1.82) is 0 Å². The molecule has 0 saturated carbocycles. The van der Waals surface area contributed by atoms with E-state index in [1.807, 2.05) is 31.2 Å². The standard InChI is InChI=1S/C17H16N2O6/c1-10-9-12-5-3-4-6-13(12)18(10)16(20)11(2)24-17(21)14-7-8-15(25-14)19(22)23/h3-8,10-11H,9H2,1-2H3/t10-,11+/m1/s1. The normalized spacial score (nSPS) is 17.0. The molecular weight excluding hydrogens is 328 g/mol. The summed E-state index contributed by atoms with van der Waals surface area (Å²) in [5, 5.41) is 10.6. The van der Waals surface area contributed by atoms with E-state index in [0.717, 1.165) is 29.8 Å². The van der Waals surface area contributed by atoms with Gasteiger partial charge >= 0.3 is 11.9 Å². The minimum atomic E-state index is -1.05. The first-order valence-electron chi connectivity index (χ1n) is 7.74. The Morgan fingerprint density at radius 2 is 2.04 bits per heavy atom. The summed E-state index contributed by atoms with van der Waals surface area (Å²) in [6.45, 7) is 3.38. The van der Waals surface area contributed by atoms with Gasteiger partial charge in [-0.1, -0.05) is 18.2 Å². The molecule has 2 heterocycles. The second-order valence-corrected chi connectivity index (χ2v) is 5.83. The van der Waals surface area contributed by atoms with E-state index >= 15 is 0 Å². The predicted octanol–water partition coefficient (Wildman–Crippen LogP) is 2.71. The third kappa shape index (κ3) is 3.10. The summed E-state index contributed by atoms with van der Waals surface area (Å²) in [5.74, 6) is -2.16. The first kappa shape index (κ1) is 16.7. The average Bonchev–Trinajstić information content (AvgIpc) is 3.18. The maximum absolute atomic E-state index is 12.7. The van der Waals surface area contributed by atoms with Gasteiger partial charge in [0, 0.05) is 11.7 Å². The number of carbonyl (C=O) groups excluding carboxylic acids is 2. The number of anilines is 1. The first-order valence-corrected chi connectivity index (χ1v) is 7.74. The van der Waals surface area contributed by atoms with E-state index in [1.165, 1.54) is 6.92 Å². The molecule has 8 nitrogen and oxygen atoms in total. The Balaban J connectivity index is 1.72. The molecule has 0 spiro atoms. The molecule has 0 saturated heterocycles. The summed E-state index contributed by atoms with van der Waals surface area (Å²) < 4.78 is 9.91. The molecule has 1 amide bonds. The van der Waals surface area contributed by atoms with Gasteiger partial charge < -0.3 is 14.1 Å². The molecule has 0 N–H and O–H groups in total. The highest BCUT2D eigenvalue weighted by molar-refractivity contribution is 6.00. The van der Waals surface area contributed by atoms with Crippen molar-refractivity contribution in [2.45, 2.75) is 32.4 Å². The van der Waals surface area contributed by atoms with Gasteiger partial charge in [-0.2, -0.15) is 0 Å². The lowest BCUT2D eigenvalue weighted by molar-refractivity contribution is -0.402. The maximum atomic E-state index is 12.7. The Kier molecular flexibility index (Phi) is 4.26. The number of para-hydroxylation sites is 1. The molecule has 1 aromatic carbocycles. The van der Waals surface area contributed by atoms with Crippen molar-refractivity contribution in [2.75, 3.05) is 4.90 Å². The van der Waals surface area contributed by atoms with Gasteiger partial charge in [0.05, 0.1) is 6.07 Å². The lowest BCUT2D eigenvalue weighted by Gasteiger charge is -2.25. The Morgan fingerprint density at radius 3 is 2.72 bits per heavy atom. The molecule has 8 heteroatoms. The molecule has 0 aliphatic carbocycles. The number of rotatable bonds is 4. The molecule has 0 radical (unpaired) electrons. The number of hydrogen-bond acceptors (Lipinski definition) is 6. The van der Waals surface area contributed by atoms with Crippen LogP contribution < -0.4 is 4.90 Å². The van der Waals surface area contributed by atoms with Crippen molar-refractivity contribution in [3.8, 4) is 0 Å². The van der Waals surface area contributed by atoms with Gasteiger partial charge in [-0.3, -0.25) is 14.9 Å². The van der Waals surface area contributed by atoms with E-state index in [0.29, 0.717) is 0 Å². The van der Waals surface area contributed by atoms with Crippen LogP contribution in [0.5, 0.6) is 0 Å². The van der Waals surface area contributed by atoms with E-state index in [2.05, 4.69) is 0 Å². The number of carbonyl (C=O) groups is 2. The van der Waals surface area contributed by atoms with Crippen LogP contribution in [0.25, 0.3) is 0 Å². The summed E-state index contributed by atoms with van der Waals surface area (Å²) in [5.41, 5.74) is 1.86. The quantitative estimate of drug-likeness (QED) is 0.480. The zero-order chi connectivity index (χ0) is 18.1. The zero-order valence-electron chi connectivity index (χ0n) is 13.7. The van der Waals surface area contributed by atoms with Gasteiger partial charge in [0.1, 0.15) is 4.92 Å². The van der Waals surface area contributed by atoms with Crippen molar-refractivity contribution >= 4 is 23.4 Å². The fourth-order valence-corrected chi connectivity index (χ4v) is 2.90. The van der Waals surface area contributed by atoms with Crippen LogP contribution in [0.15, 0.2) is 40.8 Å². The number of amides is 1. The van der Waals surface area contributed by atoms with Crippen molar-refractivity contribution in [2.24, 2.45) is 0 Å². The fourth-order valence-electron chi connectivity index (χ4n) is 2.90. The Hall–Kier alpha value is -3.16. The van der Waals surface area contributed by atoms with Crippen LogP contribution in [0.1, 0.15) is 30.0 Å². The van der Waals surface area contributed by atoms with Gasteiger partial charge in [-0.15, -0.1) is 0 Å². The first-order chi connectivity index (χ1) is 11.9.